The number of aromatic amines is 1. The van der Waals surface area contributed by atoms with Crippen LogP contribution in [0.4, 0.5) is 0 Å². The van der Waals surface area contributed by atoms with Crippen LogP contribution in [0.2, 0.25) is 0 Å². The normalized spacial score (nSPS) is 11.1. The van der Waals surface area contributed by atoms with Crippen molar-refractivity contribution < 1.29 is 9.21 Å². The number of aromatic nitrogens is 3. The number of aryl methyl sites for hydroxylation is 2. The maximum absolute atomic E-state index is 12.7. The van der Waals surface area contributed by atoms with E-state index in [9.17, 15) is 4.79 Å². The summed E-state index contributed by atoms with van der Waals surface area (Å²) in [4.78, 5) is 19.0. The van der Waals surface area contributed by atoms with E-state index in [0.29, 0.717) is 18.0 Å². The van der Waals surface area contributed by atoms with Gasteiger partial charge in [0.2, 0.25) is 0 Å². The highest BCUT2D eigenvalue weighted by molar-refractivity contribution is 5.97. The molecule has 0 unspecified atom stereocenters. The SMILES string of the molecule is CN(CCc1cn[nH]c1)C(=O)c1ccc2oc(CCCc3ccccc3)nc2c1. The lowest BCUT2D eigenvalue weighted by Gasteiger charge is -2.16. The van der Waals surface area contributed by atoms with E-state index in [0.717, 1.165) is 42.3 Å². The van der Waals surface area contributed by atoms with Gasteiger partial charge in [0.15, 0.2) is 11.5 Å². The zero-order chi connectivity index (χ0) is 20.1. The first kappa shape index (κ1) is 18.9. The molecule has 2 aromatic heterocycles. The largest absolute Gasteiger partial charge is 0.441 e. The molecule has 0 aliphatic heterocycles. The molecule has 0 saturated heterocycles. The fourth-order valence-electron chi connectivity index (χ4n) is 3.34. The Kier molecular flexibility index (Phi) is 5.70. The van der Waals surface area contributed by atoms with Crippen LogP contribution >= 0.6 is 0 Å². The number of nitrogens with zero attached hydrogens (tertiary/aromatic N) is 3. The van der Waals surface area contributed by atoms with Gasteiger partial charge in [0.05, 0.1) is 6.20 Å². The second kappa shape index (κ2) is 8.73. The molecule has 6 heteroatoms. The molecule has 0 spiro atoms. The minimum Gasteiger partial charge on any atom is -0.441 e. The summed E-state index contributed by atoms with van der Waals surface area (Å²) in [5.41, 5.74) is 4.47. The zero-order valence-electron chi connectivity index (χ0n) is 16.5. The number of carbonyl (C=O) groups is 1. The zero-order valence-corrected chi connectivity index (χ0v) is 16.5. The molecular formula is C23H24N4O2. The standard InChI is InChI=1S/C23H24N4O2/c1-27(13-12-18-15-24-25-16-18)23(28)19-10-11-21-20(14-19)26-22(29-21)9-5-8-17-6-3-2-4-7-17/h2-4,6-7,10-11,14-16H,5,8-9,12-13H2,1H3,(H,24,25). The van der Waals surface area contributed by atoms with Crippen LogP contribution in [0.5, 0.6) is 0 Å². The molecule has 0 fully saturated rings. The van der Waals surface area contributed by atoms with E-state index in [1.807, 2.05) is 31.4 Å². The lowest BCUT2D eigenvalue weighted by Crippen LogP contribution is -2.28. The van der Waals surface area contributed by atoms with Crippen molar-refractivity contribution in [2.75, 3.05) is 13.6 Å². The van der Waals surface area contributed by atoms with Gasteiger partial charge in [0, 0.05) is 31.8 Å². The minimum atomic E-state index is -0.0241. The first-order chi connectivity index (χ1) is 14.2. The lowest BCUT2D eigenvalue weighted by molar-refractivity contribution is 0.0797. The maximum atomic E-state index is 12.7. The van der Waals surface area contributed by atoms with Crippen LogP contribution in [0.15, 0.2) is 65.3 Å². The Labute approximate surface area is 169 Å². The number of H-pyrrole nitrogens is 1. The number of fused-ring (bicyclic) bond motifs is 1. The second-order valence-electron chi connectivity index (χ2n) is 7.21. The van der Waals surface area contributed by atoms with Gasteiger partial charge in [-0.05, 0) is 48.6 Å². The molecule has 6 nitrogen and oxygen atoms in total. The van der Waals surface area contributed by atoms with Crippen molar-refractivity contribution in [2.24, 2.45) is 0 Å². The van der Waals surface area contributed by atoms with Gasteiger partial charge in [-0.15, -0.1) is 0 Å². The lowest BCUT2D eigenvalue weighted by atomic mass is 10.1. The van der Waals surface area contributed by atoms with Gasteiger partial charge < -0.3 is 9.32 Å². The molecule has 29 heavy (non-hydrogen) atoms. The minimum absolute atomic E-state index is 0.0241. The van der Waals surface area contributed by atoms with Crippen LogP contribution in [-0.2, 0) is 19.3 Å². The van der Waals surface area contributed by atoms with Crippen LogP contribution in [0.1, 0.15) is 33.8 Å². The predicted molar refractivity (Wildman–Crippen MR) is 112 cm³/mol. The summed E-state index contributed by atoms with van der Waals surface area (Å²) in [7, 11) is 1.81. The smallest absolute Gasteiger partial charge is 0.253 e. The Balaban J connectivity index is 1.37. The van der Waals surface area contributed by atoms with Crippen LogP contribution in [0.3, 0.4) is 0 Å². The quantitative estimate of drug-likeness (QED) is 0.494. The Morgan fingerprint density at radius 3 is 2.72 bits per heavy atom. The second-order valence-corrected chi connectivity index (χ2v) is 7.21. The number of nitrogens with one attached hydrogen (secondary N) is 1. The van der Waals surface area contributed by atoms with Crippen LogP contribution in [0, 0.1) is 0 Å². The molecule has 2 aromatic carbocycles. The summed E-state index contributed by atoms with van der Waals surface area (Å²) in [5.74, 6) is 0.692. The number of hydrogen-bond donors (Lipinski definition) is 1. The Morgan fingerprint density at radius 1 is 1.07 bits per heavy atom. The molecule has 0 aliphatic rings. The Morgan fingerprint density at radius 2 is 1.93 bits per heavy atom. The molecule has 4 aromatic rings. The molecule has 148 valence electrons. The highest BCUT2D eigenvalue weighted by Crippen LogP contribution is 2.19. The number of oxazole rings is 1. The van der Waals surface area contributed by atoms with Crippen molar-refractivity contribution in [3.63, 3.8) is 0 Å². The Bertz CT molecular complexity index is 1070. The van der Waals surface area contributed by atoms with Gasteiger partial charge in [-0.25, -0.2) is 4.98 Å². The monoisotopic (exact) mass is 388 g/mol. The first-order valence-electron chi connectivity index (χ1n) is 9.85. The van der Waals surface area contributed by atoms with Crippen molar-refractivity contribution in [3.05, 3.63) is 83.5 Å². The molecule has 0 atom stereocenters. The fourth-order valence-corrected chi connectivity index (χ4v) is 3.34. The van der Waals surface area contributed by atoms with Crippen molar-refractivity contribution in [1.82, 2.24) is 20.1 Å². The number of hydrogen-bond acceptors (Lipinski definition) is 4. The van der Waals surface area contributed by atoms with Gasteiger partial charge in [-0.1, -0.05) is 30.3 Å². The van der Waals surface area contributed by atoms with E-state index < -0.39 is 0 Å². The third-order valence-electron chi connectivity index (χ3n) is 5.02. The summed E-state index contributed by atoms with van der Waals surface area (Å²) in [6, 6.07) is 15.9. The van der Waals surface area contributed by atoms with Gasteiger partial charge in [0.1, 0.15) is 5.52 Å². The van der Waals surface area contributed by atoms with Gasteiger partial charge in [-0.3, -0.25) is 9.89 Å². The van der Waals surface area contributed by atoms with Crippen LogP contribution in [-0.4, -0.2) is 39.6 Å². The number of benzene rings is 2. The summed E-state index contributed by atoms with van der Waals surface area (Å²) in [6.45, 7) is 0.625. The van der Waals surface area contributed by atoms with Crippen LogP contribution in [0.25, 0.3) is 11.1 Å². The third-order valence-corrected chi connectivity index (χ3v) is 5.02. The number of amides is 1. The molecule has 1 amide bonds. The molecular weight excluding hydrogens is 364 g/mol. The molecule has 0 bridgehead atoms. The topological polar surface area (TPSA) is 75.0 Å². The van der Waals surface area contributed by atoms with Gasteiger partial charge in [0.25, 0.3) is 5.91 Å². The first-order valence-corrected chi connectivity index (χ1v) is 9.85. The van der Waals surface area contributed by atoms with E-state index in [2.05, 4.69) is 39.4 Å². The van der Waals surface area contributed by atoms with Gasteiger partial charge >= 0.3 is 0 Å². The highest BCUT2D eigenvalue weighted by Gasteiger charge is 2.14. The summed E-state index contributed by atoms with van der Waals surface area (Å²) >= 11 is 0. The molecule has 2 heterocycles. The molecule has 1 N–H and O–H groups in total. The van der Waals surface area contributed by atoms with Crippen molar-refractivity contribution in [2.45, 2.75) is 25.7 Å². The summed E-state index contributed by atoms with van der Waals surface area (Å²) < 4.78 is 5.85. The van der Waals surface area contributed by atoms with E-state index >= 15 is 0 Å². The van der Waals surface area contributed by atoms with Crippen molar-refractivity contribution >= 4 is 17.0 Å². The average molecular weight is 388 g/mol. The Hall–Kier alpha value is -3.41. The highest BCUT2D eigenvalue weighted by atomic mass is 16.3. The maximum Gasteiger partial charge on any atom is 0.253 e. The number of rotatable bonds is 8. The molecule has 0 radical (unpaired) electrons. The van der Waals surface area contributed by atoms with E-state index in [-0.39, 0.29) is 5.91 Å². The van der Waals surface area contributed by atoms with Gasteiger partial charge in [-0.2, -0.15) is 5.10 Å². The average Bonchev–Trinajstić information content (AvgIpc) is 3.41. The van der Waals surface area contributed by atoms with E-state index in [4.69, 9.17) is 4.42 Å². The van der Waals surface area contributed by atoms with Crippen molar-refractivity contribution in [1.29, 1.82) is 0 Å². The number of carbonyl (C=O) groups excluding carboxylic acids is 1. The summed E-state index contributed by atoms with van der Waals surface area (Å²) in [6.07, 6.45) is 7.12. The molecule has 0 aliphatic carbocycles. The third kappa shape index (κ3) is 4.71. The van der Waals surface area contributed by atoms with Crippen LogP contribution < -0.4 is 0 Å². The number of likely N-dealkylation sites (N-methyl/N-ethyl adjacent to an activating group) is 1. The fraction of sp³-hybridized carbons (Fsp3) is 0.261. The van der Waals surface area contributed by atoms with E-state index in [1.54, 1.807) is 17.2 Å². The summed E-state index contributed by atoms with van der Waals surface area (Å²) in [5, 5.41) is 6.72. The predicted octanol–water partition coefficient (Wildman–Crippen LogP) is 4.04. The molecule has 4 rings (SSSR count). The van der Waals surface area contributed by atoms with Crippen molar-refractivity contribution in [3.8, 4) is 0 Å². The molecule has 0 saturated carbocycles. The van der Waals surface area contributed by atoms with E-state index in [1.165, 1.54) is 5.56 Å².